The average molecular weight is 488 g/mol. The van der Waals surface area contributed by atoms with Crippen molar-refractivity contribution in [2.75, 3.05) is 34.6 Å². The van der Waals surface area contributed by atoms with E-state index in [2.05, 4.69) is 17.0 Å². The molecule has 0 aliphatic carbocycles. The molecular formula is C29H29NO6. The second-order valence-electron chi connectivity index (χ2n) is 8.85. The number of aryl methyl sites for hydroxylation is 1. The molecule has 3 aromatic rings. The summed E-state index contributed by atoms with van der Waals surface area (Å²) < 4.78 is 28.2. The Kier molecular flexibility index (Phi) is 6.57. The molecule has 0 saturated carbocycles. The van der Waals surface area contributed by atoms with Crippen LogP contribution in [0.15, 0.2) is 54.3 Å². The largest absolute Gasteiger partial charge is 0.497 e. The van der Waals surface area contributed by atoms with Gasteiger partial charge in [0.15, 0.2) is 17.3 Å². The Morgan fingerprint density at radius 3 is 2.47 bits per heavy atom. The normalized spacial score (nSPS) is 15.7. The van der Waals surface area contributed by atoms with Crippen molar-refractivity contribution in [1.29, 1.82) is 0 Å². The van der Waals surface area contributed by atoms with Crippen molar-refractivity contribution in [3.05, 3.63) is 82.1 Å². The number of rotatable bonds is 7. The van der Waals surface area contributed by atoms with Crippen LogP contribution < -0.4 is 23.7 Å². The van der Waals surface area contributed by atoms with E-state index in [1.54, 1.807) is 33.5 Å². The highest BCUT2D eigenvalue weighted by molar-refractivity contribution is 6.16. The third-order valence-corrected chi connectivity index (χ3v) is 6.57. The lowest BCUT2D eigenvalue weighted by atomic mass is 9.98. The van der Waals surface area contributed by atoms with Gasteiger partial charge in [0.1, 0.15) is 24.0 Å². The minimum absolute atomic E-state index is 0.129. The second kappa shape index (κ2) is 9.95. The summed E-state index contributed by atoms with van der Waals surface area (Å²) in [6.45, 7) is 3.87. The van der Waals surface area contributed by atoms with Gasteiger partial charge in [-0.1, -0.05) is 18.2 Å². The molecule has 2 aliphatic rings. The molecule has 186 valence electrons. The van der Waals surface area contributed by atoms with Gasteiger partial charge in [-0.2, -0.15) is 0 Å². The zero-order valence-corrected chi connectivity index (χ0v) is 20.9. The lowest BCUT2D eigenvalue weighted by molar-refractivity contribution is 0.0949. The van der Waals surface area contributed by atoms with Gasteiger partial charge in [0.2, 0.25) is 5.78 Å². The molecule has 7 heteroatoms. The summed E-state index contributed by atoms with van der Waals surface area (Å²) in [6.07, 6.45) is 2.61. The number of fused-ring (bicyclic) bond motifs is 3. The van der Waals surface area contributed by atoms with Crippen LogP contribution >= 0.6 is 0 Å². The quantitative estimate of drug-likeness (QED) is 0.433. The van der Waals surface area contributed by atoms with E-state index in [9.17, 15) is 4.79 Å². The molecule has 36 heavy (non-hydrogen) atoms. The van der Waals surface area contributed by atoms with Crippen LogP contribution in [0.25, 0.3) is 6.08 Å². The number of methoxy groups -OCH3 is 3. The average Bonchev–Trinajstić information content (AvgIpc) is 3.24. The Morgan fingerprint density at radius 1 is 0.972 bits per heavy atom. The summed E-state index contributed by atoms with van der Waals surface area (Å²) in [5.41, 5.74) is 4.35. The highest BCUT2D eigenvalue weighted by Gasteiger charge is 2.35. The maximum atomic E-state index is 13.3. The minimum atomic E-state index is -0.129. The van der Waals surface area contributed by atoms with E-state index in [1.807, 2.05) is 37.3 Å². The van der Waals surface area contributed by atoms with Gasteiger partial charge >= 0.3 is 0 Å². The van der Waals surface area contributed by atoms with Crippen molar-refractivity contribution in [2.45, 2.75) is 19.9 Å². The molecule has 0 bridgehead atoms. The summed E-state index contributed by atoms with van der Waals surface area (Å²) in [4.78, 5) is 15.5. The molecular weight excluding hydrogens is 458 g/mol. The highest BCUT2D eigenvalue weighted by Crippen LogP contribution is 2.44. The van der Waals surface area contributed by atoms with Crippen LogP contribution in [0.2, 0.25) is 0 Å². The molecule has 0 fully saturated rings. The number of carbonyl (C=O) groups is 1. The van der Waals surface area contributed by atoms with Crippen molar-refractivity contribution in [1.82, 2.24) is 4.90 Å². The number of ether oxygens (including phenoxy) is 5. The molecule has 3 aromatic carbocycles. The van der Waals surface area contributed by atoms with E-state index < -0.39 is 0 Å². The first-order valence-corrected chi connectivity index (χ1v) is 11.8. The molecule has 0 atom stereocenters. The van der Waals surface area contributed by atoms with Crippen LogP contribution in [0.4, 0.5) is 0 Å². The van der Waals surface area contributed by atoms with Gasteiger partial charge < -0.3 is 23.7 Å². The maximum absolute atomic E-state index is 13.3. The van der Waals surface area contributed by atoms with E-state index in [-0.39, 0.29) is 11.5 Å². The predicted octanol–water partition coefficient (Wildman–Crippen LogP) is 5.03. The molecule has 0 amide bonds. The number of nitrogens with zero attached hydrogens (tertiary/aromatic N) is 1. The van der Waals surface area contributed by atoms with Gasteiger partial charge in [-0.05, 0) is 66.4 Å². The highest BCUT2D eigenvalue weighted by atomic mass is 16.5. The molecule has 2 aliphatic heterocycles. The Hall–Kier alpha value is -3.97. The third kappa shape index (κ3) is 4.50. The number of ketones is 1. The van der Waals surface area contributed by atoms with Crippen molar-refractivity contribution in [2.24, 2.45) is 0 Å². The van der Waals surface area contributed by atoms with Crippen LogP contribution in [-0.4, -0.2) is 45.3 Å². The van der Waals surface area contributed by atoms with Gasteiger partial charge in [0.25, 0.3) is 0 Å². The fourth-order valence-corrected chi connectivity index (χ4v) is 4.59. The fourth-order valence-electron chi connectivity index (χ4n) is 4.59. The zero-order valence-electron chi connectivity index (χ0n) is 20.9. The number of allylic oxidation sites excluding steroid dienone is 1. The Morgan fingerprint density at radius 2 is 1.75 bits per heavy atom. The molecule has 2 heterocycles. The molecule has 0 spiro atoms. The molecule has 0 N–H and O–H groups in total. The van der Waals surface area contributed by atoms with Crippen LogP contribution in [0.3, 0.4) is 0 Å². The van der Waals surface area contributed by atoms with Crippen molar-refractivity contribution < 1.29 is 28.5 Å². The Labute approximate surface area is 210 Å². The van der Waals surface area contributed by atoms with Crippen LogP contribution in [0, 0.1) is 6.92 Å². The third-order valence-electron chi connectivity index (χ3n) is 6.57. The standard InChI is InChI=1S/C29H29NO6/c1-18-13-24-22(16-30(17-35-24)12-11-19-5-8-21(32-2)9-6-19)29-27(18)28(31)26(36-29)15-20-7-10-23(33-3)25(14-20)34-4/h5-10,13-15H,11-12,16-17H2,1-4H3/b26-15+. The molecule has 0 aromatic heterocycles. The SMILES string of the molecule is COc1ccc(CCN2COc3cc(C)c4c(c3C2)O/C(=C/c2ccc(OC)c(OC)c2)C4=O)cc1. The molecule has 0 unspecified atom stereocenters. The number of benzene rings is 3. The number of hydrogen-bond donors (Lipinski definition) is 0. The number of Topliss-reactive ketones (excluding diaryl/α,β-unsaturated/α-hetero) is 1. The first-order valence-electron chi connectivity index (χ1n) is 11.8. The first-order chi connectivity index (χ1) is 17.5. The van der Waals surface area contributed by atoms with E-state index >= 15 is 0 Å². The van der Waals surface area contributed by atoms with Crippen LogP contribution in [0.5, 0.6) is 28.7 Å². The van der Waals surface area contributed by atoms with E-state index in [4.69, 9.17) is 23.7 Å². The maximum Gasteiger partial charge on any atom is 0.232 e. The topological polar surface area (TPSA) is 66.5 Å². The lowest BCUT2D eigenvalue weighted by Crippen LogP contribution is -2.33. The van der Waals surface area contributed by atoms with E-state index in [1.165, 1.54) is 5.56 Å². The van der Waals surface area contributed by atoms with Gasteiger partial charge in [0, 0.05) is 13.1 Å². The molecule has 7 nitrogen and oxygen atoms in total. The van der Waals surface area contributed by atoms with Gasteiger partial charge in [-0.15, -0.1) is 0 Å². The second-order valence-corrected chi connectivity index (χ2v) is 8.85. The summed E-state index contributed by atoms with van der Waals surface area (Å²) >= 11 is 0. The monoisotopic (exact) mass is 487 g/mol. The number of hydrogen-bond acceptors (Lipinski definition) is 7. The summed E-state index contributed by atoms with van der Waals surface area (Å²) in [5.74, 6) is 3.57. The van der Waals surface area contributed by atoms with Gasteiger partial charge in [-0.3, -0.25) is 9.69 Å². The molecule has 0 saturated heterocycles. The summed E-state index contributed by atoms with van der Waals surface area (Å²) in [5, 5.41) is 0. The van der Waals surface area contributed by atoms with Crippen molar-refractivity contribution in [3.63, 3.8) is 0 Å². The first kappa shape index (κ1) is 23.8. The molecule has 0 radical (unpaired) electrons. The Bertz CT molecular complexity index is 1330. The summed E-state index contributed by atoms with van der Waals surface area (Å²) in [7, 11) is 4.83. The smallest absolute Gasteiger partial charge is 0.232 e. The van der Waals surface area contributed by atoms with Crippen molar-refractivity contribution >= 4 is 11.9 Å². The van der Waals surface area contributed by atoms with Crippen LogP contribution in [0.1, 0.15) is 32.6 Å². The zero-order chi connectivity index (χ0) is 25.2. The predicted molar refractivity (Wildman–Crippen MR) is 136 cm³/mol. The Balaban J connectivity index is 1.37. The van der Waals surface area contributed by atoms with Crippen molar-refractivity contribution in [3.8, 4) is 28.7 Å². The van der Waals surface area contributed by atoms with Gasteiger partial charge in [0.05, 0.1) is 32.5 Å². The van der Waals surface area contributed by atoms with Gasteiger partial charge in [-0.25, -0.2) is 0 Å². The fraction of sp³-hybridized carbons (Fsp3) is 0.276. The van der Waals surface area contributed by atoms with Crippen LogP contribution in [-0.2, 0) is 13.0 Å². The lowest BCUT2D eigenvalue weighted by Gasteiger charge is -2.30. The summed E-state index contributed by atoms with van der Waals surface area (Å²) in [6, 6.07) is 15.5. The minimum Gasteiger partial charge on any atom is -0.497 e. The van der Waals surface area contributed by atoms with E-state index in [0.29, 0.717) is 36.1 Å². The van der Waals surface area contributed by atoms with E-state index in [0.717, 1.165) is 41.2 Å². The molecule has 5 rings (SSSR count). The number of carbonyl (C=O) groups excluding carboxylic acids is 1.